The zero-order chi connectivity index (χ0) is 24.1. The van der Waals surface area contributed by atoms with Crippen LogP contribution in [0, 0.1) is 0 Å². The third-order valence-electron chi connectivity index (χ3n) is 5.76. The van der Waals surface area contributed by atoms with E-state index < -0.39 is 0 Å². The van der Waals surface area contributed by atoms with Crippen LogP contribution in [0.15, 0.2) is 53.9 Å². The van der Waals surface area contributed by atoms with Gasteiger partial charge in [-0.15, -0.1) is 11.3 Å². The normalized spacial score (nSPS) is 13.1. The summed E-state index contributed by atoms with van der Waals surface area (Å²) in [6.45, 7) is 4.46. The molecule has 3 aromatic rings. The number of Topliss-reactive ketones (excluding diaryl/α,β-unsaturated/α-hetero) is 1. The van der Waals surface area contributed by atoms with Crippen LogP contribution in [0.4, 0.5) is 5.69 Å². The summed E-state index contributed by atoms with van der Waals surface area (Å²) in [5.41, 5.74) is 1.90. The molecule has 178 valence electrons. The number of fused-ring (bicyclic) bond motifs is 1. The van der Waals surface area contributed by atoms with Gasteiger partial charge >= 0.3 is 0 Å². The van der Waals surface area contributed by atoms with Crippen LogP contribution in [0.1, 0.15) is 34.6 Å². The maximum Gasteiger partial charge on any atom is 0.238 e. The topological polar surface area (TPSA) is 77.1 Å². The lowest BCUT2D eigenvalue weighted by molar-refractivity contribution is -0.118. The van der Waals surface area contributed by atoms with Crippen LogP contribution < -0.4 is 19.5 Å². The second-order valence-corrected chi connectivity index (χ2v) is 9.27. The number of rotatable bonds is 10. The van der Waals surface area contributed by atoms with Crippen LogP contribution >= 0.6 is 11.3 Å². The van der Waals surface area contributed by atoms with Crippen LogP contribution in [-0.4, -0.2) is 43.1 Å². The summed E-state index contributed by atoms with van der Waals surface area (Å²) in [6.07, 6.45) is 0.837. The molecule has 0 spiro atoms. The van der Waals surface area contributed by atoms with Crippen molar-refractivity contribution in [3.63, 3.8) is 0 Å². The minimum Gasteiger partial charge on any atom is -0.497 e. The van der Waals surface area contributed by atoms with Crippen LogP contribution in [0.3, 0.4) is 0 Å². The SMILES string of the molecule is COc1ccc(CN(CC(=O)Nc2cc3c(cc2C(C)=O)OCO3)C(C)Cc2cccs2)cc1. The lowest BCUT2D eigenvalue weighted by atomic mass is 10.1. The van der Waals surface area contributed by atoms with E-state index in [1.165, 1.54) is 11.8 Å². The summed E-state index contributed by atoms with van der Waals surface area (Å²) < 4.78 is 16.1. The van der Waals surface area contributed by atoms with Gasteiger partial charge in [-0.1, -0.05) is 18.2 Å². The van der Waals surface area contributed by atoms with Crippen molar-refractivity contribution < 1.29 is 23.8 Å². The highest BCUT2D eigenvalue weighted by Gasteiger charge is 2.23. The first-order chi connectivity index (χ1) is 16.4. The largest absolute Gasteiger partial charge is 0.497 e. The number of nitrogens with zero attached hydrogens (tertiary/aromatic N) is 1. The molecule has 1 N–H and O–H groups in total. The lowest BCUT2D eigenvalue weighted by Crippen LogP contribution is -2.40. The quantitative estimate of drug-likeness (QED) is 0.422. The van der Waals surface area contributed by atoms with Gasteiger partial charge in [0.15, 0.2) is 17.3 Å². The van der Waals surface area contributed by atoms with Gasteiger partial charge < -0.3 is 19.5 Å². The number of benzene rings is 2. The number of carbonyl (C=O) groups excluding carboxylic acids is 2. The molecule has 1 atom stereocenters. The van der Waals surface area contributed by atoms with E-state index in [1.54, 1.807) is 30.6 Å². The molecule has 1 unspecified atom stereocenters. The highest BCUT2D eigenvalue weighted by Crippen LogP contribution is 2.37. The summed E-state index contributed by atoms with van der Waals surface area (Å²) in [5, 5.41) is 4.98. The van der Waals surface area contributed by atoms with E-state index in [1.807, 2.05) is 30.3 Å². The maximum atomic E-state index is 13.1. The van der Waals surface area contributed by atoms with Gasteiger partial charge in [-0.05, 0) is 55.5 Å². The summed E-state index contributed by atoms with van der Waals surface area (Å²) in [5.74, 6) is 1.46. The molecular formula is C26H28N2O5S. The predicted molar refractivity (Wildman–Crippen MR) is 132 cm³/mol. The number of anilines is 1. The van der Waals surface area contributed by atoms with Gasteiger partial charge in [0.25, 0.3) is 0 Å². The number of thiophene rings is 1. The van der Waals surface area contributed by atoms with Gasteiger partial charge in [-0.2, -0.15) is 0 Å². The zero-order valence-electron chi connectivity index (χ0n) is 19.5. The van der Waals surface area contributed by atoms with E-state index in [4.69, 9.17) is 14.2 Å². The van der Waals surface area contributed by atoms with Gasteiger partial charge in [0.2, 0.25) is 12.7 Å². The molecule has 1 aliphatic rings. The fraction of sp³-hybridized carbons (Fsp3) is 0.308. The number of ketones is 1. The Morgan fingerprint density at radius 2 is 1.88 bits per heavy atom. The van der Waals surface area contributed by atoms with Gasteiger partial charge in [-0.3, -0.25) is 14.5 Å². The maximum absolute atomic E-state index is 13.1. The number of hydrogen-bond donors (Lipinski definition) is 1. The Balaban J connectivity index is 1.51. The molecule has 4 rings (SSSR count). The van der Waals surface area contributed by atoms with Gasteiger partial charge in [0, 0.05) is 29.1 Å². The van der Waals surface area contributed by atoms with Crippen LogP contribution in [0.25, 0.3) is 0 Å². The van der Waals surface area contributed by atoms with Crippen molar-refractivity contribution in [2.45, 2.75) is 32.9 Å². The molecule has 2 heterocycles. The molecule has 0 saturated heterocycles. The third-order valence-corrected chi connectivity index (χ3v) is 6.66. The molecule has 2 aromatic carbocycles. The number of methoxy groups -OCH3 is 1. The number of amides is 1. The van der Waals surface area contributed by atoms with Crippen LogP contribution in [0.2, 0.25) is 0 Å². The van der Waals surface area contributed by atoms with E-state index in [-0.39, 0.29) is 31.1 Å². The molecule has 0 radical (unpaired) electrons. The van der Waals surface area contributed by atoms with E-state index in [9.17, 15) is 9.59 Å². The van der Waals surface area contributed by atoms with Crippen LogP contribution in [0.5, 0.6) is 17.2 Å². The number of carbonyl (C=O) groups is 2. The first-order valence-corrected chi connectivity index (χ1v) is 11.9. The van der Waals surface area contributed by atoms with Crippen molar-refractivity contribution >= 4 is 28.7 Å². The summed E-state index contributed by atoms with van der Waals surface area (Å²) in [4.78, 5) is 28.7. The standard InChI is InChI=1S/C26H28N2O5S/c1-17(11-21-5-4-10-34-21)28(14-19-6-8-20(31-3)9-7-19)15-26(30)27-23-13-25-24(32-16-33-25)12-22(23)18(2)29/h4-10,12-13,17H,11,14-16H2,1-3H3,(H,27,30). The molecule has 8 heteroatoms. The van der Waals surface area contributed by atoms with E-state index in [0.29, 0.717) is 29.3 Å². The highest BCUT2D eigenvalue weighted by molar-refractivity contribution is 7.09. The molecule has 7 nitrogen and oxygen atoms in total. The minimum absolute atomic E-state index is 0.0972. The van der Waals surface area contributed by atoms with Gasteiger partial charge in [0.05, 0.1) is 19.3 Å². The monoisotopic (exact) mass is 480 g/mol. The van der Waals surface area contributed by atoms with E-state index >= 15 is 0 Å². The van der Waals surface area contributed by atoms with Gasteiger partial charge in [-0.25, -0.2) is 0 Å². The third kappa shape index (κ3) is 5.76. The summed E-state index contributed by atoms with van der Waals surface area (Å²) in [6, 6.07) is 15.4. The average Bonchev–Trinajstić information content (AvgIpc) is 3.50. The predicted octanol–water partition coefficient (Wildman–Crippen LogP) is 4.76. The second-order valence-electron chi connectivity index (χ2n) is 8.24. The van der Waals surface area contributed by atoms with E-state index in [0.717, 1.165) is 17.7 Å². The van der Waals surface area contributed by atoms with Crippen molar-refractivity contribution in [1.29, 1.82) is 0 Å². The Kier molecular flexibility index (Phi) is 7.49. The van der Waals surface area contributed by atoms with Crippen LogP contribution in [-0.2, 0) is 17.8 Å². The van der Waals surface area contributed by atoms with Gasteiger partial charge in [0.1, 0.15) is 5.75 Å². The Morgan fingerprint density at radius 1 is 1.15 bits per heavy atom. The minimum atomic E-state index is -0.201. The second kappa shape index (κ2) is 10.7. The molecule has 1 aromatic heterocycles. The fourth-order valence-corrected chi connectivity index (χ4v) is 4.72. The van der Waals surface area contributed by atoms with E-state index in [2.05, 4.69) is 28.6 Å². The Labute approximate surface area is 203 Å². The molecule has 0 saturated carbocycles. The Morgan fingerprint density at radius 3 is 2.53 bits per heavy atom. The number of hydrogen-bond acceptors (Lipinski definition) is 7. The average molecular weight is 481 g/mol. The van der Waals surface area contributed by atoms with Crippen molar-refractivity contribution in [3.8, 4) is 17.2 Å². The molecule has 0 bridgehead atoms. The summed E-state index contributed by atoms with van der Waals surface area (Å²) in [7, 11) is 1.64. The summed E-state index contributed by atoms with van der Waals surface area (Å²) >= 11 is 1.71. The van der Waals surface area contributed by atoms with Crippen molar-refractivity contribution in [2.24, 2.45) is 0 Å². The molecular weight excluding hydrogens is 452 g/mol. The number of nitrogens with one attached hydrogen (secondary N) is 1. The zero-order valence-corrected chi connectivity index (χ0v) is 20.3. The number of ether oxygens (including phenoxy) is 3. The lowest BCUT2D eigenvalue weighted by Gasteiger charge is -2.28. The molecule has 1 aliphatic heterocycles. The van der Waals surface area contributed by atoms with Crippen molar-refractivity contribution in [2.75, 3.05) is 25.8 Å². The fourth-order valence-electron chi connectivity index (χ4n) is 3.89. The smallest absolute Gasteiger partial charge is 0.238 e. The highest BCUT2D eigenvalue weighted by atomic mass is 32.1. The van der Waals surface area contributed by atoms with Crippen molar-refractivity contribution in [3.05, 3.63) is 69.9 Å². The molecule has 0 aliphatic carbocycles. The Bertz CT molecular complexity index is 1140. The van der Waals surface area contributed by atoms with Crippen molar-refractivity contribution in [1.82, 2.24) is 4.90 Å². The molecule has 0 fully saturated rings. The molecule has 34 heavy (non-hydrogen) atoms. The first-order valence-electron chi connectivity index (χ1n) is 11.1. The first kappa shape index (κ1) is 23.8. The molecule has 1 amide bonds. The Hall–Kier alpha value is -3.36.